The largest absolute Gasteiger partial charge is 0.201 e. The average Bonchev–Trinajstić information content (AvgIpc) is 2.48. The maximum Gasteiger partial charge on any atom is 0.173 e. The lowest BCUT2D eigenvalue weighted by Crippen LogP contribution is -2.33. The molecule has 1 heteroatoms. The first-order valence-electron chi connectivity index (χ1n) is 6.93. The second kappa shape index (κ2) is 9.12. The van der Waals surface area contributed by atoms with Gasteiger partial charge in [0.15, 0.2) is 18.9 Å². The molecule has 1 heterocycles. The van der Waals surface area contributed by atoms with Crippen LogP contribution in [0.15, 0.2) is 55.4 Å². The van der Waals surface area contributed by atoms with Crippen LogP contribution in [0.5, 0.6) is 0 Å². The molecule has 1 unspecified atom stereocenters. The summed E-state index contributed by atoms with van der Waals surface area (Å²) < 4.78 is 2.22. The Morgan fingerprint density at radius 2 is 1.62 bits per heavy atom. The number of benzene rings is 1. The van der Waals surface area contributed by atoms with Gasteiger partial charge >= 0.3 is 0 Å². The molecule has 1 atom stereocenters. The monoisotopic (exact) mass is 284 g/mol. The molecular formula is C20H30N+. The number of hydrogen-bond donors (Lipinski definition) is 0. The van der Waals surface area contributed by atoms with Crippen molar-refractivity contribution in [1.29, 1.82) is 0 Å². The van der Waals surface area contributed by atoms with Crippen LogP contribution in [0.3, 0.4) is 0 Å². The van der Waals surface area contributed by atoms with Gasteiger partial charge in [0.25, 0.3) is 0 Å². The number of rotatable bonds is 5. The van der Waals surface area contributed by atoms with Gasteiger partial charge in [0.1, 0.15) is 0 Å². The Kier molecular flexibility index (Phi) is 8.30. The van der Waals surface area contributed by atoms with E-state index in [0.717, 1.165) is 6.54 Å². The van der Waals surface area contributed by atoms with Crippen LogP contribution < -0.4 is 4.57 Å². The van der Waals surface area contributed by atoms with Crippen molar-refractivity contribution in [2.75, 3.05) is 0 Å². The molecule has 114 valence electrons. The molecule has 0 amide bonds. The fraction of sp³-hybridized carbons (Fsp3) is 0.350. The van der Waals surface area contributed by atoms with E-state index < -0.39 is 0 Å². The number of aromatic nitrogens is 1. The molecule has 0 N–H and O–H groups in total. The molecule has 0 aliphatic carbocycles. The number of nitrogens with zero attached hydrogens (tertiary/aromatic N) is 1. The van der Waals surface area contributed by atoms with Crippen molar-refractivity contribution in [3.05, 3.63) is 72.1 Å². The van der Waals surface area contributed by atoms with Crippen molar-refractivity contribution in [2.45, 2.75) is 47.6 Å². The predicted molar refractivity (Wildman–Crippen MR) is 94.4 cm³/mol. The van der Waals surface area contributed by atoms with Crippen molar-refractivity contribution < 1.29 is 4.57 Å². The van der Waals surface area contributed by atoms with Gasteiger partial charge in [-0.25, -0.2) is 4.57 Å². The number of pyridine rings is 1. The van der Waals surface area contributed by atoms with E-state index in [0.29, 0.717) is 5.92 Å². The van der Waals surface area contributed by atoms with Crippen LogP contribution in [0.4, 0.5) is 0 Å². The topological polar surface area (TPSA) is 3.88 Å². The summed E-state index contributed by atoms with van der Waals surface area (Å²) in [7, 11) is 0. The second-order valence-corrected chi connectivity index (χ2v) is 5.06. The predicted octanol–water partition coefficient (Wildman–Crippen LogP) is 5.45. The van der Waals surface area contributed by atoms with Gasteiger partial charge in [-0.2, -0.15) is 0 Å². The average molecular weight is 284 g/mol. The standard InChI is InChI=1S/C18H22N.2CH4/c1-4-15(3)18-10-12-19(13-11-18)14-17-8-6-16(5-2)7-9-17;;/h5-13,15H,2,4,14H2,1,3H3;2*1H4/q+1;;. The summed E-state index contributed by atoms with van der Waals surface area (Å²) in [5.41, 5.74) is 3.90. The van der Waals surface area contributed by atoms with E-state index >= 15 is 0 Å². The zero-order valence-electron chi connectivity index (χ0n) is 11.8. The summed E-state index contributed by atoms with van der Waals surface area (Å²) in [5.74, 6) is 0.640. The molecule has 0 fully saturated rings. The third-order valence-electron chi connectivity index (χ3n) is 3.68. The smallest absolute Gasteiger partial charge is 0.173 e. The molecule has 1 aromatic heterocycles. The fourth-order valence-corrected chi connectivity index (χ4v) is 2.11. The van der Waals surface area contributed by atoms with Crippen LogP contribution in [-0.2, 0) is 6.54 Å². The highest BCUT2D eigenvalue weighted by Crippen LogP contribution is 2.16. The van der Waals surface area contributed by atoms with E-state index in [1.54, 1.807) is 0 Å². The zero-order valence-corrected chi connectivity index (χ0v) is 11.8. The van der Waals surface area contributed by atoms with Crippen LogP contribution in [0.2, 0.25) is 0 Å². The van der Waals surface area contributed by atoms with Crippen molar-refractivity contribution >= 4 is 6.08 Å². The lowest BCUT2D eigenvalue weighted by molar-refractivity contribution is -0.688. The Hall–Kier alpha value is -1.89. The second-order valence-electron chi connectivity index (χ2n) is 5.06. The van der Waals surface area contributed by atoms with Gasteiger partial charge in [-0.1, -0.05) is 65.6 Å². The molecule has 0 saturated heterocycles. The summed E-state index contributed by atoms with van der Waals surface area (Å²) in [6, 6.07) is 13.0. The molecule has 2 aromatic rings. The Morgan fingerprint density at radius 1 is 1.05 bits per heavy atom. The molecule has 0 aliphatic rings. The van der Waals surface area contributed by atoms with E-state index in [9.17, 15) is 0 Å². The van der Waals surface area contributed by atoms with Crippen LogP contribution >= 0.6 is 0 Å². The minimum atomic E-state index is 0. The van der Waals surface area contributed by atoms with Gasteiger partial charge in [0.05, 0.1) is 0 Å². The van der Waals surface area contributed by atoms with Crippen molar-refractivity contribution in [1.82, 2.24) is 0 Å². The Labute approximate surface area is 131 Å². The minimum absolute atomic E-state index is 0. The zero-order chi connectivity index (χ0) is 13.7. The summed E-state index contributed by atoms with van der Waals surface area (Å²) in [4.78, 5) is 0. The highest BCUT2D eigenvalue weighted by molar-refractivity contribution is 5.47. The molecule has 0 spiro atoms. The van der Waals surface area contributed by atoms with E-state index in [4.69, 9.17) is 0 Å². The summed E-state index contributed by atoms with van der Waals surface area (Å²) in [5, 5.41) is 0. The van der Waals surface area contributed by atoms with Gasteiger partial charge in [-0.15, -0.1) is 0 Å². The van der Waals surface area contributed by atoms with Crippen LogP contribution in [0, 0.1) is 0 Å². The maximum atomic E-state index is 3.77. The van der Waals surface area contributed by atoms with Crippen LogP contribution in [-0.4, -0.2) is 0 Å². The van der Waals surface area contributed by atoms with Gasteiger partial charge in [0, 0.05) is 17.7 Å². The SMILES string of the molecule is C.C.C=Cc1ccc(C[n+]2ccc(C(C)CC)cc2)cc1. The molecule has 0 bridgehead atoms. The van der Waals surface area contributed by atoms with Gasteiger partial charge in [0.2, 0.25) is 0 Å². The first-order chi connectivity index (χ1) is 9.22. The Bertz CT molecular complexity index is 523. The molecule has 1 aromatic carbocycles. The fourth-order valence-electron chi connectivity index (χ4n) is 2.11. The maximum absolute atomic E-state index is 3.77. The Balaban J connectivity index is 0.00000200. The van der Waals surface area contributed by atoms with Crippen LogP contribution in [0.25, 0.3) is 6.08 Å². The molecule has 1 nitrogen and oxygen atoms in total. The van der Waals surface area contributed by atoms with Crippen molar-refractivity contribution in [3.63, 3.8) is 0 Å². The van der Waals surface area contributed by atoms with E-state index in [1.165, 1.54) is 23.1 Å². The first-order valence-corrected chi connectivity index (χ1v) is 6.93. The Morgan fingerprint density at radius 3 is 2.10 bits per heavy atom. The normalized spacial score (nSPS) is 11.0. The molecule has 2 rings (SSSR count). The van der Waals surface area contributed by atoms with Crippen LogP contribution in [0.1, 0.15) is 57.7 Å². The highest BCUT2D eigenvalue weighted by atomic mass is 14.9. The highest BCUT2D eigenvalue weighted by Gasteiger charge is 2.06. The van der Waals surface area contributed by atoms with Gasteiger partial charge < -0.3 is 0 Å². The van der Waals surface area contributed by atoms with Crippen molar-refractivity contribution in [3.8, 4) is 0 Å². The summed E-state index contributed by atoms with van der Waals surface area (Å²) >= 11 is 0. The molecule has 21 heavy (non-hydrogen) atoms. The minimum Gasteiger partial charge on any atom is -0.201 e. The van der Waals surface area contributed by atoms with Gasteiger partial charge in [-0.05, 0) is 23.5 Å². The molecule has 0 saturated carbocycles. The number of hydrogen-bond acceptors (Lipinski definition) is 0. The third kappa shape index (κ3) is 5.18. The van der Waals surface area contributed by atoms with Gasteiger partial charge in [-0.3, -0.25) is 0 Å². The van der Waals surface area contributed by atoms with E-state index in [-0.39, 0.29) is 14.9 Å². The van der Waals surface area contributed by atoms with E-state index in [1.807, 2.05) is 6.08 Å². The lowest BCUT2D eigenvalue weighted by atomic mass is 10.0. The molecular weight excluding hydrogens is 254 g/mol. The molecule has 0 aliphatic heterocycles. The molecule has 0 radical (unpaired) electrons. The third-order valence-corrected chi connectivity index (χ3v) is 3.68. The summed E-state index contributed by atoms with van der Waals surface area (Å²) in [6.07, 6.45) is 7.40. The van der Waals surface area contributed by atoms with E-state index in [2.05, 4.69) is 73.8 Å². The van der Waals surface area contributed by atoms with Crippen molar-refractivity contribution in [2.24, 2.45) is 0 Å². The quantitative estimate of drug-likeness (QED) is 0.643. The summed E-state index contributed by atoms with van der Waals surface area (Å²) in [6.45, 7) is 9.19. The first kappa shape index (κ1) is 19.1. The lowest BCUT2D eigenvalue weighted by Gasteiger charge is -2.07.